The zero-order chi connectivity index (χ0) is 11.6. The molecule has 1 aliphatic heterocycles. The first kappa shape index (κ1) is 12.3. The Morgan fingerprint density at radius 2 is 1.69 bits per heavy atom. The second-order valence-electron chi connectivity index (χ2n) is 6.10. The molecule has 0 amide bonds. The van der Waals surface area contributed by atoms with Gasteiger partial charge in [-0.2, -0.15) is 0 Å². The number of hydrogen-bond acceptors (Lipinski definition) is 3. The Bertz CT molecular complexity index is 234. The molecule has 3 nitrogen and oxygen atoms in total. The predicted molar refractivity (Wildman–Crippen MR) is 64.3 cm³/mol. The molecule has 0 aromatic rings. The van der Waals surface area contributed by atoms with Gasteiger partial charge in [-0.15, -0.1) is 0 Å². The van der Waals surface area contributed by atoms with Crippen LogP contribution in [-0.4, -0.2) is 45.9 Å². The molecule has 2 N–H and O–H groups in total. The van der Waals surface area contributed by atoms with Gasteiger partial charge in [0.2, 0.25) is 0 Å². The molecule has 1 unspecified atom stereocenters. The molecule has 0 aromatic carbocycles. The number of β-amino-alcohol motifs (C(OH)–C–C–N with tert-alkyl or cyclic N) is 2. The first-order valence-corrected chi connectivity index (χ1v) is 6.66. The van der Waals surface area contributed by atoms with Crippen LogP contribution in [0.25, 0.3) is 0 Å². The van der Waals surface area contributed by atoms with Crippen molar-refractivity contribution in [1.29, 1.82) is 0 Å². The van der Waals surface area contributed by atoms with Crippen molar-refractivity contribution in [3.8, 4) is 0 Å². The minimum Gasteiger partial charge on any atom is -0.389 e. The lowest BCUT2D eigenvalue weighted by atomic mass is 9.83. The van der Waals surface area contributed by atoms with Crippen LogP contribution in [0.15, 0.2) is 0 Å². The van der Waals surface area contributed by atoms with Crippen molar-refractivity contribution >= 4 is 0 Å². The van der Waals surface area contributed by atoms with Gasteiger partial charge in [-0.1, -0.05) is 19.3 Å². The highest BCUT2D eigenvalue weighted by molar-refractivity contribution is 4.90. The minimum atomic E-state index is -0.552. The van der Waals surface area contributed by atoms with Gasteiger partial charge in [-0.3, -0.25) is 4.90 Å². The Morgan fingerprint density at radius 3 is 2.31 bits per heavy atom. The molecule has 2 rings (SSSR count). The van der Waals surface area contributed by atoms with Gasteiger partial charge in [0, 0.05) is 13.1 Å². The van der Waals surface area contributed by atoms with E-state index in [4.69, 9.17) is 0 Å². The van der Waals surface area contributed by atoms with Crippen molar-refractivity contribution in [2.75, 3.05) is 19.6 Å². The van der Waals surface area contributed by atoms with Crippen molar-refractivity contribution in [3.05, 3.63) is 0 Å². The van der Waals surface area contributed by atoms with Crippen molar-refractivity contribution in [3.63, 3.8) is 0 Å². The fraction of sp³-hybridized carbons (Fsp3) is 1.00. The Kier molecular flexibility index (Phi) is 3.57. The van der Waals surface area contributed by atoms with Crippen LogP contribution in [-0.2, 0) is 0 Å². The minimum absolute atomic E-state index is 0.480. The van der Waals surface area contributed by atoms with Gasteiger partial charge in [-0.25, -0.2) is 0 Å². The van der Waals surface area contributed by atoms with Crippen LogP contribution in [0, 0.1) is 0 Å². The van der Waals surface area contributed by atoms with Gasteiger partial charge in [0.15, 0.2) is 0 Å². The zero-order valence-corrected chi connectivity index (χ0v) is 10.4. The van der Waals surface area contributed by atoms with Crippen molar-refractivity contribution < 1.29 is 10.2 Å². The normalized spacial score (nSPS) is 36.2. The van der Waals surface area contributed by atoms with Crippen LogP contribution in [0.2, 0.25) is 0 Å². The van der Waals surface area contributed by atoms with Gasteiger partial charge in [0.1, 0.15) is 0 Å². The summed E-state index contributed by atoms with van der Waals surface area (Å²) in [6, 6.07) is 0. The molecule has 1 heterocycles. The molecule has 94 valence electrons. The maximum Gasteiger partial charge on any atom is 0.0774 e. The van der Waals surface area contributed by atoms with E-state index < -0.39 is 11.2 Å². The van der Waals surface area contributed by atoms with E-state index in [9.17, 15) is 10.2 Å². The summed E-state index contributed by atoms with van der Waals surface area (Å²) in [7, 11) is 0. The van der Waals surface area contributed by atoms with Crippen LogP contribution in [0.4, 0.5) is 0 Å². The number of nitrogens with zero attached hydrogens (tertiary/aromatic N) is 1. The molecule has 1 aliphatic carbocycles. The van der Waals surface area contributed by atoms with Gasteiger partial charge >= 0.3 is 0 Å². The van der Waals surface area contributed by atoms with Crippen molar-refractivity contribution in [2.45, 2.75) is 63.1 Å². The lowest BCUT2D eigenvalue weighted by Crippen LogP contribution is -2.52. The molecule has 2 fully saturated rings. The molecule has 0 spiro atoms. The van der Waals surface area contributed by atoms with E-state index in [1.165, 1.54) is 6.42 Å². The summed E-state index contributed by atoms with van der Waals surface area (Å²) >= 11 is 0. The second-order valence-corrected chi connectivity index (χ2v) is 6.10. The lowest BCUT2D eigenvalue weighted by molar-refractivity contribution is -0.0670. The number of likely N-dealkylation sites (tertiary alicyclic amines) is 1. The average molecular weight is 227 g/mol. The van der Waals surface area contributed by atoms with Gasteiger partial charge in [0.05, 0.1) is 11.2 Å². The molecular weight excluding hydrogens is 202 g/mol. The quantitative estimate of drug-likeness (QED) is 0.752. The highest BCUT2D eigenvalue weighted by atomic mass is 16.3. The van der Waals surface area contributed by atoms with Crippen LogP contribution in [0.1, 0.15) is 51.9 Å². The third-order valence-electron chi connectivity index (χ3n) is 4.06. The van der Waals surface area contributed by atoms with E-state index >= 15 is 0 Å². The Hall–Kier alpha value is -0.120. The Balaban J connectivity index is 1.88. The first-order valence-electron chi connectivity index (χ1n) is 6.66. The molecule has 0 radical (unpaired) electrons. The third-order valence-corrected chi connectivity index (χ3v) is 4.06. The monoisotopic (exact) mass is 227 g/mol. The standard InChI is InChI=1S/C13H25NO2/c1-12(15)6-5-9-14(10-12)11-13(16)7-3-2-4-8-13/h15-16H,2-11H2,1H3. The van der Waals surface area contributed by atoms with Crippen LogP contribution >= 0.6 is 0 Å². The molecule has 2 aliphatic rings. The highest BCUT2D eigenvalue weighted by Gasteiger charge is 2.35. The molecule has 0 aromatic heterocycles. The van der Waals surface area contributed by atoms with Gasteiger partial charge in [0.25, 0.3) is 0 Å². The van der Waals surface area contributed by atoms with E-state index in [-0.39, 0.29) is 0 Å². The molecule has 3 heteroatoms. The highest BCUT2D eigenvalue weighted by Crippen LogP contribution is 2.30. The topological polar surface area (TPSA) is 43.7 Å². The van der Waals surface area contributed by atoms with Crippen LogP contribution in [0.3, 0.4) is 0 Å². The number of piperidine rings is 1. The van der Waals surface area contributed by atoms with Gasteiger partial charge < -0.3 is 10.2 Å². The molecule has 1 saturated carbocycles. The second kappa shape index (κ2) is 4.63. The van der Waals surface area contributed by atoms with Crippen molar-refractivity contribution in [1.82, 2.24) is 4.90 Å². The van der Waals surface area contributed by atoms with Gasteiger partial charge in [-0.05, 0) is 39.2 Å². The largest absolute Gasteiger partial charge is 0.389 e. The number of aliphatic hydroxyl groups is 2. The average Bonchev–Trinajstić information content (AvgIpc) is 2.16. The van der Waals surface area contributed by atoms with E-state index in [1.54, 1.807) is 0 Å². The predicted octanol–water partition coefficient (Wildman–Crippen LogP) is 1.53. The fourth-order valence-corrected chi connectivity index (χ4v) is 3.24. The molecule has 16 heavy (non-hydrogen) atoms. The maximum atomic E-state index is 10.5. The lowest BCUT2D eigenvalue weighted by Gasteiger charge is -2.42. The molecule has 0 bridgehead atoms. The van der Waals surface area contributed by atoms with Crippen molar-refractivity contribution in [2.24, 2.45) is 0 Å². The summed E-state index contributed by atoms with van der Waals surface area (Å²) in [6.07, 6.45) is 7.38. The van der Waals surface area contributed by atoms with E-state index in [1.807, 2.05) is 6.92 Å². The van der Waals surface area contributed by atoms with E-state index in [2.05, 4.69) is 4.90 Å². The Morgan fingerprint density at radius 1 is 1.00 bits per heavy atom. The Labute approximate surface area is 98.5 Å². The summed E-state index contributed by atoms with van der Waals surface area (Å²) in [5.74, 6) is 0. The smallest absolute Gasteiger partial charge is 0.0774 e. The molecule has 1 atom stereocenters. The summed E-state index contributed by atoms with van der Waals surface area (Å²) in [4.78, 5) is 2.24. The maximum absolute atomic E-state index is 10.5. The SMILES string of the molecule is CC1(O)CCCN(CC2(O)CCCCC2)C1. The summed E-state index contributed by atoms with van der Waals surface area (Å²) in [6.45, 7) is 4.40. The van der Waals surface area contributed by atoms with Crippen LogP contribution < -0.4 is 0 Å². The van der Waals surface area contributed by atoms with Crippen LogP contribution in [0.5, 0.6) is 0 Å². The molecule has 1 saturated heterocycles. The number of hydrogen-bond donors (Lipinski definition) is 2. The molecular formula is C13H25NO2. The summed E-state index contributed by atoms with van der Waals surface area (Å²) in [5, 5.41) is 20.5. The first-order chi connectivity index (χ1) is 7.49. The summed E-state index contributed by atoms with van der Waals surface area (Å²) < 4.78 is 0. The zero-order valence-electron chi connectivity index (χ0n) is 10.4. The summed E-state index contributed by atoms with van der Waals surface area (Å²) in [5.41, 5.74) is -1.03. The van der Waals surface area contributed by atoms with E-state index in [0.717, 1.165) is 58.2 Å². The van der Waals surface area contributed by atoms with E-state index in [0.29, 0.717) is 0 Å². The third kappa shape index (κ3) is 3.19. The fourth-order valence-electron chi connectivity index (χ4n) is 3.24. The number of rotatable bonds is 2.